The number of ketones is 1. The van der Waals surface area contributed by atoms with E-state index in [9.17, 15) is 4.79 Å². The molecule has 1 nitrogen and oxygen atoms in total. The van der Waals surface area contributed by atoms with E-state index in [4.69, 9.17) is 0 Å². The van der Waals surface area contributed by atoms with Crippen molar-refractivity contribution in [2.75, 3.05) is 5.75 Å². The van der Waals surface area contributed by atoms with Crippen LogP contribution < -0.4 is 0 Å². The maximum Gasteiger partial charge on any atom is 0.167 e. The maximum absolute atomic E-state index is 11.6. The molecule has 62 valence electrons. The normalized spacial score (nSPS) is 22.1. The van der Waals surface area contributed by atoms with Crippen LogP contribution in [0.15, 0.2) is 29.2 Å². The predicted molar refractivity (Wildman–Crippen MR) is 50.7 cm³/mol. The number of fused-ring (bicyclic) bond motifs is 1. The predicted octanol–water partition coefficient (Wildman–Crippen LogP) is 2.61. The van der Waals surface area contributed by atoms with Gasteiger partial charge in [-0.3, -0.25) is 4.79 Å². The van der Waals surface area contributed by atoms with Crippen molar-refractivity contribution in [3.05, 3.63) is 29.8 Å². The van der Waals surface area contributed by atoms with Crippen LogP contribution in [0.4, 0.5) is 0 Å². The minimum absolute atomic E-state index is 0.185. The molecule has 0 saturated carbocycles. The molecule has 0 bridgehead atoms. The monoisotopic (exact) mass is 178 g/mol. The molecule has 0 amide bonds. The van der Waals surface area contributed by atoms with E-state index in [1.165, 1.54) is 0 Å². The van der Waals surface area contributed by atoms with E-state index in [1.54, 1.807) is 11.8 Å². The van der Waals surface area contributed by atoms with Crippen LogP contribution >= 0.6 is 11.8 Å². The molecule has 0 N–H and O–H groups in total. The van der Waals surface area contributed by atoms with E-state index < -0.39 is 0 Å². The van der Waals surface area contributed by atoms with Crippen molar-refractivity contribution in [1.82, 2.24) is 0 Å². The van der Waals surface area contributed by atoms with Gasteiger partial charge in [0.1, 0.15) is 0 Å². The number of benzene rings is 1. The van der Waals surface area contributed by atoms with Crippen molar-refractivity contribution in [3.63, 3.8) is 0 Å². The molecule has 0 fully saturated rings. The van der Waals surface area contributed by atoms with Crippen molar-refractivity contribution in [3.8, 4) is 0 Å². The topological polar surface area (TPSA) is 17.1 Å². The van der Waals surface area contributed by atoms with Crippen molar-refractivity contribution in [2.24, 2.45) is 5.92 Å². The zero-order chi connectivity index (χ0) is 8.55. The fraction of sp³-hybridized carbons (Fsp3) is 0.300. The lowest BCUT2D eigenvalue weighted by molar-refractivity contribution is 0.0936. The van der Waals surface area contributed by atoms with E-state index in [2.05, 4.69) is 0 Å². The first kappa shape index (κ1) is 7.87. The van der Waals surface area contributed by atoms with Gasteiger partial charge in [0.05, 0.1) is 0 Å². The highest BCUT2D eigenvalue weighted by Gasteiger charge is 2.23. The number of rotatable bonds is 0. The average molecular weight is 178 g/mol. The average Bonchev–Trinajstić information content (AvgIpc) is 2.12. The summed E-state index contributed by atoms with van der Waals surface area (Å²) in [5.41, 5.74) is 0.904. The quantitative estimate of drug-likeness (QED) is 0.607. The molecule has 1 aromatic carbocycles. The molecule has 1 aliphatic heterocycles. The Bertz CT molecular complexity index is 319. The lowest BCUT2D eigenvalue weighted by Gasteiger charge is -2.18. The number of thioether (sulfide) groups is 1. The van der Waals surface area contributed by atoms with Gasteiger partial charge in [-0.1, -0.05) is 25.1 Å². The van der Waals surface area contributed by atoms with Crippen LogP contribution in [0.5, 0.6) is 0 Å². The molecule has 0 saturated heterocycles. The third-order valence-corrected chi connectivity index (χ3v) is 3.42. The highest BCUT2D eigenvalue weighted by molar-refractivity contribution is 7.99. The van der Waals surface area contributed by atoms with E-state index in [0.717, 1.165) is 16.2 Å². The second-order valence-electron chi connectivity index (χ2n) is 3.07. The van der Waals surface area contributed by atoms with Crippen LogP contribution in [0.1, 0.15) is 17.3 Å². The molecule has 1 aliphatic rings. The van der Waals surface area contributed by atoms with Crippen LogP contribution in [0, 0.1) is 5.92 Å². The lowest BCUT2D eigenvalue weighted by atomic mass is 10.0. The third-order valence-electron chi connectivity index (χ3n) is 2.09. The minimum Gasteiger partial charge on any atom is -0.294 e. The second kappa shape index (κ2) is 2.94. The summed E-state index contributed by atoms with van der Waals surface area (Å²) < 4.78 is 0. The highest BCUT2D eigenvalue weighted by Crippen LogP contribution is 2.32. The van der Waals surface area contributed by atoms with Gasteiger partial charge in [0.2, 0.25) is 0 Å². The van der Waals surface area contributed by atoms with Crippen molar-refractivity contribution >= 4 is 17.5 Å². The molecule has 0 aliphatic carbocycles. The third kappa shape index (κ3) is 1.16. The molecular formula is C10H10OS. The van der Waals surface area contributed by atoms with E-state index in [0.29, 0.717) is 5.78 Å². The number of hydrogen-bond acceptors (Lipinski definition) is 2. The summed E-state index contributed by atoms with van der Waals surface area (Å²) >= 11 is 1.78. The second-order valence-corrected chi connectivity index (χ2v) is 4.13. The number of carbonyl (C=O) groups excluding carboxylic acids is 1. The Kier molecular flexibility index (Phi) is 1.93. The standard InChI is InChI=1S/C10H10OS/c1-7-6-12-9-5-3-2-4-8(9)10(7)11/h2-5,7H,6H2,1H3/t7-/m1/s1. The van der Waals surface area contributed by atoms with Crippen LogP contribution in [-0.4, -0.2) is 11.5 Å². The van der Waals surface area contributed by atoms with Gasteiger partial charge in [-0.05, 0) is 6.07 Å². The summed E-state index contributed by atoms with van der Waals surface area (Å²) in [6.45, 7) is 1.99. The minimum atomic E-state index is 0.185. The van der Waals surface area contributed by atoms with Crippen LogP contribution in [-0.2, 0) is 0 Å². The number of hydrogen-bond donors (Lipinski definition) is 0. The summed E-state index contributed by atoms with van der Waals surface area (Å²) in [4.78, 5) is 12.7. The van der Waals surface area contributed by atoms with Crippen molar-refractivity contribution in [1.29, 1.82) is 0 Å². The van der Waals surface area contributed by atoms with Crippen molar-refractivity contribution < 1.29 is 4.79 Å². The van der Waals surface area contributed by atoms with Gasteiger partial charge < -0.3 is 0 Å². The molecule has 0 unspecified atom stereocenters. The maximum atomic E-state index is 11.6. The number of Topliss-reactive ketones (excluding diaryl/α,β-unsaturated/α-hetero) is 1. The Morgan fingerprint density at radius 3 is 3.00 bits per heavy atom. The molecule has 1 heterocycles. The Labute approximate surface area is 76.2 Å². The van der Waals surface area contributed by atoms with Gasteiger partial charge in [0.25, 0.3) is 0 Å². The molecule has 1 aromatic rings. The van der Waals surface area contributed by atoms with Gasteiger partial charge in [-0.2, -0.15) is 0 Å². The van der Waals surface area contributed by atoms with Crippen molar-refractivity contribution in [2.45, 2.75) is 11.8 Å². The summed E-state index contributed by atoms with van der Waals surface area (Å²) in [7, 11) is 0. The summed E-state index contributed by atoms with van der Waals surface area (Å²) in [6, 6.07) is 7.84. The zero-order valence-electron chi connectivity index (χ0n) is 6.91. The molecule has 2 rings (SSSR count). The smallest absolute Gasteiger partial charge is 0.167 e. The van der Waals surface area contributed by atoms with E-state index in [-0.39, 0.29) is 5.92 Å². The van der Waals surface area contributed by atoms with Crippen LogP contribution in [0.2, 0.25) is 0 Å². The van der Waals surface area contributed by atoms with Gasteiger partial charge in [-0.25, -0.2) is 0 Å². The molecule has 12 heavy (non-hydrogen) atoms. The molecule has 0 radical (unpaired) electrons. The zero-order valence-corrected chi connectivity index (χ0v) is 7.73. The molecule has 2 heteroatoms. The van der Waals surface area contributed by atoms with Gasteiger partial charge in [0.15, 0.2) is 5.78 Å². The van der Waals surface area contributed by atoms with E-state index in [1.807, 2.05) is 31.2 Å². The first-order valence-corrected chi connectivity index (χ1v) is 5.03. The van der Waals surface area contributed by atoms with Gasteiger partial charge in [-0.15, -0.1) is 11.8 Å². The molecule has 0 aromatic heterocycles. The first-order chi connectivity index (χ1) is 5.79. The summed E-state index contributed by atoms with van der Waals surface area (Å²) in [5.74, 6) is 1.41. The van der Waals surface area contributed by atoms with Gasteiger partial charge in [0, 0.05) is 22.1 Å². The number of carbonyl (C=O) groups is 1. The largest absolute Gasteiger partial charge is 0.294 e. The lowest BCUT2D eigenvalue weighted by Crippen LogP contribution is -2.18. The Morgan fingerprint density at radius 2 is 2.17 bits per heavy atom. The molecule has 0 spiro atoms. The van der Waals surface area contributed by atoms with Crippen LogP contribution in [0.25, 0.3) is 0 Å². The first-order valence-electron chi connectivity index (χ1n) is 4.05. The fourth-order valence-corrected chi connectivity index (χ4v) is 2.43. The Morgan fingerprint density at radius 1 is 1.42 bits per heavy atom. The van der Waals surface area contributed by atoms with E-state index >= 15 is 0 Å². The molecule has 1 atom stereocenters. The SMILES string of the molecule is C[C@@H]1CSc2ccccc2C1=O. The Balaban J connectivity index is 2.49. The van der Waals surface area contributed by atoms with Gasteiger partial charge >= 0.3 is 0 Å². The summed E-state index contributed by atoms with van der Waals surface area (Å²) in [5, 5.41) is 0. The summed E-state index contributed by atoms with van der Waals surface area (Å²) in [6.07, 6.45) is 0. The fourth-order valence-electron chi connectivity index (χ4n) is 1.35. The molecular weight excluding hydrogens is 168 g/mol. The van der Waals surface area contributed by atoms with Crippen LogP contribution in [0.3, 0.4) is 0 Å². The Hall–Kier alpha value is -0.760. The highest BCUT2D eigenvalue weighted by atomic mass is 32.2.